The van der Waals surface area contributed by atoms with Crippen LogP contribution in [-0.2, 0) is 9.53 Å². The van der Waals surface area contributed by atoms with Crippen molar-refractivity contribution in [1.82, 2.24) is 0 Å². The van der Waals surface area contributed by atoms with Gasteiger partial charge >= 0.3 is 5.97 Å². The summed E-state index contributed by atoms with van der Waals surface area (Å²) in [5.41, 5.74) is 0.935. The van der Waals surface area contributed by atoms with Gasteiger partial charge in [-0.15, -0.1) is 0 Å². The molecule has 1 aromatic carbocycles. The van der Waals surface area contributed by atoms with E-state index in [4.69, 9.17) is 23.2 Å². The number of rotatable bonds is 6. The smallest absolute Gasteiger partial charge is 0.307 e. The number of nitrogens with zero attached hydrogens (tertiary/aromatic N) is 1. The molecule has 0 amide bonds. The van der Waals surface area contributed by atoms with Crippen LogP contribution < -0.4 is 4.90 Å². The van der Waals surface area contributed by atoms with Gasteiger partial charge in [0.1, 0.15) is 0 Å². The minimum atomic E-state index is -0.255. The van der Waals surface area contributed by atoms with E-state index in [-0.39, 0.29) is 5.97 Å². The van der Waals surface area contributed by atoms with E-state index in [1.807, 2.05) is 17.0 Å². The van der Waals surface area contributed by atoms with Crippen LogP contribution in [0.15, 0.2) is 35.9 Å². The van der Waals surface area contributed by atoms with E-state index in [9.17, 15) is 4.79 Å². The molecule has 0 saturated carbocycles. The molecule has 0 aliphatic carbocycles. The van der Waals surface area contributed by atoms with Crippen molar-refractivity contribution in [3.8, 4) is 0 Å². The summed E-state index contributed by atoms with van der Waals surface area (Å²) in [5.74, 6) is -0.255. The average Bonchev–Trinajstić information content (AvgIpc) is 2.34. The van der Waals surface area contributed by atoms with E-state index in [1.165, 1.54) is 7.11 Å². The minimum Gasteiger partial charge on any atom is -0.469 e. The van der Waals surface area contributed by atoms with Crippen LogP contribution in [0.3, 0.4) is 0 Å². The maximum atomic E-state index is 11.2. The SMILES string of the molecule is C=C(Cl)CN(CCC(=O)OC)c1ccc(Cl)cc1. The lowest BCUT2D eigenvalue weighted by atomic mass is 10.2. The van der Waals surface area contributed by atoms with E-state index >= 15 is 0 Å². The lowest BCUT2D eigenvalue weighted by Crippen LogP contribution is -2.27. The lowest BCUT2D eigenvalue weighted by Gasteiger charge is -2.24. The Morgan fingerprint density at radius 2 is 2.00 bits per heavy atom. The third-order valence-electron chi connectivity index (χ3n) is 2.37. The topological polar surface area (TPSA) is 29.5 Å². The van der Waals surface area contributed by atoms with Crippen molar-refractivity contribution in [3.05, 3.63) is 40.9 Å². The molecule has 3 nitrogen and oxygen atoms in total. The fourth-order valence-corrected chi connectivity index (χ4v) is 1.76. The van der Waals surface area contributed by atoms with Crippen molar-refractivity contribution in [2.75, 3.05) is 25.1 Å². The van der Waals surface area contributed by atoms with Crippen molar-refractivity contribution in [2.45, 2.75) is 6.42 Å². The van der Waals surface area contributed by atoms with Crippen LogP contribution in [0.2, 0.25) is 5.02 Å². The first kappa shape index (κ1) is 14.9. The molecule has 0 bridgehead atoms. The molecule has 0 fully saturated rings. The van der Waals surface area contributed by atoms with Gasteiger partial charge in [0.2, 0.25) is 0 Å². The third-order valence-corrected chi connectivity index (χ3v) is 2.74. The predicted molar refractivity (Wildman–Crippen MR) is 75.3 cm³/mol. The van der Waals surface area contributed by atoms with Gasteiger partial charge in [0.25, 0.3) is 0 Å². The van der Waals surface area contributed by atoms with Crippen LogP contribution >= 0.6 is 23.2 Å². The summed E-state index contributed by atoms with van der Waals surface area (Å²) in [5, 5.41) is 1.17. The molecule has 0 saturated heterocycles. The molecule has 0 unspecified atom stereocenters. The lowest BCUT2D eigenvalue weighted by molar-refractivity contribution is -0.140. The zero-order valence-corrected chi connectivity index (χ0v) is 11.7. The van der Waals surface area contributed by atoms with Gasteiger partial charge in [-0.1, -0.05) is 29.8 Å². The molecule has 5 heteroatoms. The van der Waals surface area contributed by atoms with Crippen molar-refractivity contribution >= 4 is 34.9 Å². The fraction of sp³-hybridized carbons (Fsp3) is 0.308. The fourth-order valence-electron chi connectivity index (χ4n) is 1.49. The van der Waals surface area contributed by atoms with Gasteiger partial charge in [0.05, 0.1) is 20.1 Å². The molecule has 0 spiro atoms. The first-order valence-corrected chi connectivity index (χ1v) is 6.19. The number of hydrogen-bond donors (Lipinski definition) is 0. The van der Waals surface area contributed by atoms with Gasteiger partial charge in [-0.3, -0.25) is 4.79 Å². The normalized spacial score (nSPS) is 9.94. The first-order chi connectivity index (χ1) is 8.52. The van der Waals surface area contributed by atoms with Gasteiger partial charge < -0.3 is 9.64 Å². The van der Waals surface area contributed by atoms with E-state index < -0.39 is 0 Å². The molecule has 98 valence electrons. The van der Waals surface area contributed by atoms with Crippen LogP contribution in [0, 0.1) is 0 Å². The second-order valence-corrected chi connectivity index (χ2v) is 4.71. The maximum Gasteiger partial charge on any atom is 0.307 e. The quantitative estimate of drug-likeness (QED) is 0.751. The number of hydrogen-bond acceptors (Lipinski definition) is 3. The van der Waals surface area contributed by atoms with Crippen LogP contribution in [0.25, 0.3) is 0 Å². The second kappa shape index (κ2) is 7.29. The number of ether oxygens (including phenoxy) is 1. The summed E-state index contributed by atoms with van der Waals surface area (Å²) in [7, 11) is 1.37. The average molecular weight is 288 g/mol. The zero-order chi connectivity index (χ0) is 13.5. The van der Waals surface area contributed by atoms with Crippen LogP contribution in [-0.4, -0.2) is 26.2 Å². The monoisotopic (exact) mass is 287 g/mol. The molecule has 0 radical (unpaired) electrons. The highest BCUT2D eigenvalue weighted by Crippen LogP contribution is 2.19. The Bertz CT molecular complexity index is 418. The number of anilines is 1. The first-order valence-electron chi connectivity index (χ1n) is 5.43. The molecular weight excluding hydrogens is 273 g/mol. The number of halogens is 2. The van der Waals surface area contributed by atoms with E-state index in [0.29, 0.717) is 29.6 Å². The highest BCUT2D eigenvalue weighted by molar-refractivity contribution is 6.30. The Balaban J connectivity index is 2.74. The van der Waals surface area contributed by atoms with Crippen molar-refractivity contribution in [3.63, 3.8) is 0 Å². The molecule has 0 heterocycles. The van der Waals surface area contributed by atoms with Gasteiger partial charge in [0, 0.05) is 22.3 Å². The summed E-state index contributed by atoms with van der Waals surface area (Å²) in [4.78, 5) is 13.1. The Kier molecular flexibility index (Phi) is 6.02. The summed E-state index contributed by atoms with van der Waals surface area (Å²) in [6.45, 7) is 4.65. The zero-order valence-electron chi connectivity index (χ0n) is 10.2. The number of esters is 1. The molecule has 1 rings (SSSR count). The Morgan fingerprint density at radius 3 is 2.50 bits per heavy atom. The van der Waals surface area contributed by atoms with Crippen molar-refractivity contribution in [2.24, 2.45) is 0 Å². The molecular formula is C13H15Cl2NO2. The molecule has 0 aromatic heterocycles. The Labute approximate surface area is 117 Å². The largest absolute Gasteiger partial charge is 0.469 e. The number of benzene rings is 1. The standard InChI is InChI=1S/C13H15Cl2NO2/c1-10(14)9-16(8-7-13(17)18-2)12-5-3-11(15)4-6-12/h3-6H,1,7-9H2,2H3. The minimum absolute atomic E-state index is 0.255. The van der Waals surface area contributed by atoms with Gasteiger partial charge in [-0.25, -0.2) is 0 Å². The predicted octanol–water partition coefficient (Wildman–Crippen LogP) is 3.46. The van der Waals surface area contributed by atoms with Gasteiger partial charge in [-0.05, 0) is 24.3 Å². The summed E-state index contributed by atoms with van der Waals surface area (Å²) < 4.78 is 4.62. The second-order valence-electron chi connectivity index (χ2n) is 3.74. The Morgan fingerprint density at radius 1 is 1.39 bits per heavy atom. The van der Waals surface area contributed by atoms with Crippen LogP contribution in [0.1, 0.15) is 6.42 Å². The number of carbonyl (C=O) groups is 1. The number of methoxy groups -OCH3 is 1. The third kappa shape index (κ3) is 4.98. The molecule has 0 atom stereocenters. The maximum absolute atomic E-state index is 11.2. The molecule has 18 heavy (non-hydrogen) atoms. The molecule has 1 aromatic rings. The molecule has 0 aliphatic heterocycles. The highest BCUT2D eigenvalue weighted by atomic mass is 35.5. The van der Waals surface area contributed by atoms with Crippen LogP contribution in [0.4, 0.5) is 5.69 Å². The van der Waals surface area contributed by atoms with Crippen molar-refractivity contribution in [1.29, 1.82) is 0 Å². The van der Waals surface area contributed by atoms with E-state index in [1.54, 1.807) is 12.1 Å². The highest BCUT2D eigenvalue weighted by Gasteiger charge is 2.10. The van der Waals surface area contributed by atoms with Gasteiger partial charge in [0.15, 0.2) is 0 Å². The van der Waals surface area contributed by atoms with E-state index in [2.05, 4.69) is 11.3 Å². The Hall–Kier alpha value is -1.19. The summed E-state index contributed by atoms with van der Waals surface area (Å²) in [6, 6.07) is 7.33. The molecule has 0 N–H and O–H groups in total. The van der Waals surface area contributed by atoms with E-state index in [0.717, 1.165) is 5.69 Å². The molecule has 0 aliphatic rings. The van der Waals surface area contributed by atoms with Crippen molar-refractivity contribution < 1.29 is 9.53 Å². The summed E-state index contributed by atoms with van der Waals surface area (Å²) >= 11 is 11.7. The van der Waals surface area contributed by atoms with Crippen LogP contribution in [0.5, 0.6) is 0 Å². The summed E-state index contributed by atoms with van der Waals surface area (Å²) in [6.07, 6.45) is 0.295. The number of carbonyl (C=O) groups excluding carboxylic acids is 1. The van der Waals surface area contributed by atoms with Gasteiger partial charge in [-0.2, -0.15) is 0 Å².